The molecule has 0 amide bonds. The lowest BCUT2D eigenvalue weighted by atomic mass is 10.1. The summed E-state index contributed by atoms with van der Waals surface area (Å²) in [5, 5.41) is 31.4. The number of carboxylic acid groups (broad SMARTS) is 2. The lowest BCUT2D eigenvalue weighted by Gasteiger charge is -2.36. The van der Waals surface area contributed by atoms with Crippen molar-refractivity contribution < 1.29 is 46.1 Å². The number of anilines is 1. The number of alkyl halides is 6. The molecule has 38 heavy (non-hydrogen) atoms. The SMILES string of the molecule is CCN(CC)CC1CN(c2ccc3nncn3n2)Cc2ccnn21.O=C(O)C(F)(F)F.O=C(O)C(F)(F)F. The van der Waals surface area contributed by atoms with E-state index >= 15 is 0 Å². The molecular formula is C20H24F6N8O4. The Hall–Kier alpha value is -3.96. The van der Waals surface area contributed by atoms with Crippen molar-refractivity contribution >= 4 is 23.4 Å². The number of aliphatic carboxylic acids is 2. The minimum Gasteiger partial charge on any atom is -0.475 e. The van der Waals surface area contributed by atoms with E-state index in [1.54, 1.807) is 10.8 Å². The van der Waals surface area contributed by atoms with Crippen LogP contribution in [-0.2, 0) is 16.1 Å². The van der Waals surface area contributed by atoms with Crippen LogP contribution in [0, 0.1) is 0 Å². The van der Waals surface area contributed by atoms with Gasteiger partial charge in [-0.05, 0) is 31.3 Å². The van der Waals surface area contributed by atoms with Crippen molar-refractivity contribution in [1.82, 2.24) is 34.5 Å². The van der Waals surface area contributed by atoms with Gasteiger partial charge in [0, 0.05) is 19.3 Å². The van der Waals surface area contributed by atoms with Gasteiger partial charge < -0.3 is 20.0 Å². The smallest absolute Gasteiger partial charge is 0.475 e. The highest BCUT2D eigenvalue weighted by Gasteiger charge is 2.38. The third-order valence-electron chi connectivity index (χ3n) is 5.20. The summed E-state index contributed by atoms with van der Waals surface area (Å²) in [6.45, 7) is 9.21. The Morgan fingerprint density at radius 1 is 1.03 bits per heavy atom. The van der Waals surface area contributed by atoms with Crippen molar-refractivity contribution in [3.8, 4) is 0 Å². The fourth-order valence-corrected chi connectivity index (χ4v) is 3.36. The van der Waals surface area contributed by atoms with E-state index in [0.29, 0.717) is 6.04 Å². The molecule has 0 radical (unpaired) electrons. The molecule has 2 N–H and O–H groups in total. The molecule has 0 saturated carbocycles. The van der Waals surface area contributed by atoms with E-state index in [4.69, 9.17) is 19.8 Å². The first kappa shape index (κ1) is 30.3. The van der Waals surface area contributed by atoms with Crippen molar-refractivity contribution in [2.75, 3.05) is 31.1 Å². The van der Waals surface area contributed by atoms with Crippen LogP contribution in [0.2, 0.25) is 0 Å². The summed E-state index contributed by atoms with van der Waals surface area (Å²) in [5.74, 6) is -4.57. The van der Waals surface area contributed by atoms with Gasteiger partial charge >= 0.3 is 24.3 Å². The number of likely N-dealkylation sites (N-methyl/N-ethyl adjacent to an activating group) is 1. The van der Waals surface area contributed by atoms with Crippen LogP contribution in [0.3, 0.4) is 0 Å². The highest BCUT2D eigenvalue weighted by Crippen LogP contribution is 2.25. The molecule has 0 spiro atoms. The molecular weight excluding hydrogens is 530 g/mol. The fourth-order valence-electron chi connectivity index (χ4n) is 3.36. The first-order valence-corrected chi connectivity index (χ1v) is 10.9. The summed E-state index contributed by atoms with van der Waals surface area (Å²) in [7, 11) is 0. The third-order valence-corrected chi connectivity index (χ3v) is 5.20. The van der Waals surface area contributed by atoms with Crippen LogP contribution < -0.4 is 4.90 Å². The standard InChI is InChI=1S/C16H22N8.2C2HF3O2/c1-3-21(4-2)9-14-11-22(10-13-7-8-18-24(13)14)16-6-5-15-19-17-12-23(15)20-16;2*3-2(4,5)1(6)7/h5-8,12,14H,3-4,9-11H2,1-2H3;2*(H,6,7). The zero-order chi connectivity index (χ0) is 28.7. The van der Waals surface area contributed by atoms with Gasteiger partial charge in [-0.25, -0.2) is 9.59 Å². The third kappa shape index (κ3) is 8.29. The van der Waals surface area contributed by atoms with E-state index in [2.05, 4.69) is 54.8 Å². The Balaban J connectivity index is 0.000000301. The summed E-state index contributed by atoms with van der Waals surface area (Å²) < 4.78 is 67.4. The topological polar surface area (TPSA) is 142 Å². The molecule has 3 aromatic rings. The molecule has 0 bridgehead atoms. The number of rotatable bonds is 5. The number of carbonyl (C=O) groups is 2. The van der Waals surface area contributed by atoms with Crippen LogP contribution in [-0.4, -0.2) is 95.2 Å². The van der Waals surface area contributed by atoms with Crippen molar-refractivity contribution in [2.24, 2.45) is 0 Å². The van der Waals surface area contributed by atoms with Crippen LogP contribution in [0.25, 0.3) is 5.65 Å². The predicted octanol–water partition coefficient (Wildman–Crippen LogP) is 2.49. The second-order valence-electron chi connectivity index (χ2n) is 7.72. The molecule has 4 rings (SSSR count). The van der Waals surface area contributed by atoms with E-state index in [1.165, 1.54) is 5.69 Å². The molecule has 0 saturated heterocycles. The number of nitrogens with zero attached hydrogens (tertiary/aromatic N) is 8. The number of carboxylic acids is 2. The Bertz CT molecular complexity index is 1180. The molecule has 1 aliphatic heterocycles. The number of fused-ring (bicyclic) bond motifs is 2. The minimum absolute atomic E-state index is 0.321. The number of hydrogen-bond acceptors (Lipinski definition) is 8. The average molecular weight is 554 g/mol. The summed E-state index contributed by atoms with van der Waals surface area (Å²) in [5.41, 5.74) is 1.99. The normalized spacial score (nSPS) is 15.3. The second kappa shape index (κ2) is 12.5. The van der Waals surface area contributed by atoms with Crippen LogP contribution in [0.4, 0.5) is 32.2 Å². The predicted molar refractivity (Wildman–Crippen MR) is 118 cm³/mol. The largest absolute Gasteiger partial charge is 0.490 e. The molecule has 0 aliphatic carbocycles. The van der Waals surface area contributed by atoms with Gasteiger partial charge in [-0.1, -0.05) is 13.8 Å². The van der Waals surface area contributed by atoms with E-state index in [1.807, 2.05) is 18.3 Å². The van der Waals surface area contributed by atoms with E-state index in [-0.39, 0.29) is 0 Å². The second-order valence-corrected chi connectivity index (χ2v) is 7.72. The van der Waals surface area contributed by atoms with Crippen LogP contribution in [0.5, 0.6) is 0 Å². The maximum atomic E-state index is 10.6. The Morgan fingerprint density at radius 3 is 2.13 bits per heavy atom. The summed E-state index contributed by atoms with van der Waals surface area (Å²) in [6.07, 6.45) is -6.63. The molecule has 0 aromatic carbocycles. The van der Waals surface area contributed by atoms with Crippen LogP contribution in [0.1, 0.15) is 25.6 Å². The van der Waals surface area contributed by atoms with Crippen LogP contribution in [0.15, 0.2) is 30.7 Å². The molecule has 0 fully saturated rings. The quantitative estimate of drug-likeness (QED) is 0.452. The number of hydrogen-bond donors (Lipinski definition) is 2. The molecule has 210 valence electrons. The highest BCUT2D eigenvalue weighted by molar-refractivity contribution is 5.73. The monoisotopic (exact) mass is 554 g/mol. The van der Waals surface area contributed by atoms with Crippen molar-refractivity contribution in [1.29, 1.82) is 0 Å². The van der Waals surface area contributed by atoms with E-state index in [9.17, 15) is 26.3 Å². The van der Waals surface area contributed by atoms with Gasteiger partial charge in [-0.3, -0.25) is 4.68 Å². The molecule has 1 unspecified atom stereocenters. The average Bonchev–Trinajstić information content (AvgIpc) is 3.50. The molecule has 1 atom stereocenters. The highest BCUT2D eigenvalue weighted by atomic mass is 19.4. The van der Waals surface area contributed by atoms with Gasteiger partial charge in [0.05, 0.1) is 18.3 Å². The zero-order valence-electron chi connectivity index (χ0n) is 20.1. The van der Waals surface area contributed by atoms with Gasteiger partial charge in [0.25, 0.3) is 0 Å². The van der Waals surface area contributed by atoms with Gasteiger partial charge in [-0.15, -0.1) is 15.3 Å². The van der Waals surface area contributed by atoms with Crippen molar-refractivity contribution in [2.45, 2.75) is 38.8 Å². The Kier molecular flexibility index (Phi) is 9.97. The maximum absolute atomic E-state index is 10.6. The Morgan fingerprint density at radius 2 is 1.61 bits per heavy atom. The first-order chi connectivity index (χ1) is 17.7. The lowest BCUT2D eigenvalue weighted by Crippen LogP contribution is -2.43. The van der Waals surface area contributed by atoms with Gasteiger partial charge in [0.1, 0.15) is 12.1 Å². The van der Waals surface area contributed by atoms with Crippen molar-refractivity contribution in [3.63, 3.8) is 0 Å². The first-order valence-electron chi connectivity index (χ1n) is 10.9. The van der Waals surface area contributed by atoms with E-state index in [0.717, 1.165) is 44.2 Å². The molecule has 12 nitrogen and oxygen atoms in total. The van der Waals surface area contributed by atoms with Gasteiger partial charge in [0.2, 0.25) is 0 Å². The summed E-state index contributed by atoms with van der Waals surface area (Å²) in [6, 6.07) is 6.39. The van der Waals surface area contributed by atoms with Crippen molar-refractivity contribution in [3.05, 3.63) is 36.4 Å². The maximum Gasteiger partial charge on any atom is 0.490 e. The van der Waals surface area contributed by atoms with Gasteiger partial charge in [-0.2, -0.15) is 36.0 Å². The lowest BCUT2D eigenvalue weighted by molar-refractivity contribution is -0.193. The number of aromatic nitrogens is 6. The minimum atomic E-state index is -5.08. The molecule has 1 aliphatic rings. The molecule has 4 heterocycles. The molecule has 18 heteroatoms. The number of halogens is 6. The summed E-state index contributed by atoms with van der Waals surface area (Å²) >= 11 is 0. The summed E-state index contributed by atoms with van der Waals surface area (Å²) in [4.78, 5) is 22.5. The molecule has 3 aromatic heterocycles. The van der Waals surface area contributed by atoms with Crippen LogP contribution >= 0.6 is 0 Å². The fraction of sp³-hybridized carbons (Fsp3) is 0.500. The zero-order valence-corrected chi connectivity index (χ0v) is 20.1. The van der Waals surface area contributed by atoms with E-state index < -0.39 is 24.3 Å². The Labute approximate surface area is 211 Å². The van der Waals surface area contributed by atoms with Gasteiger partial charge in [0.15, 0.2) is 5.65 Å².